The van der Waals surface area contributed by atoms with Crippen LogP contribution in [0.1, 0.15) is 25.2 Å². The van der Waals surface area contributed by atoms with Crippen LogP contribution in [-0.4, -0.2) is 26.3 Å². The van der Waals surface area contributed by atoms with Crippen molar-refractivity contribution >= 4 is 23.0 Å². The van der Waals surface area contributed by atoms with Gasteiger partial charge in [0.1, 0.15) is 22.8 Å². The van der Waals surface area contributed by atoms with E-state index in [0.29, 0.717) is 36.0 Å². The third-order valence-corrected chi connectivity index (χ3v) is 5.56. The van der Waals surface area contributed by atoms with Gasteiger partial charge in [-0.25, -0.2) is 4.79 Å². The molecule has 0 fully saturated rings. The molecule has 3 aromatic carbocycles. The van der Waals surface area contributed by atoms with Crippen LogP contribution < -0.4 is 29.1 Å². The lowest BCUT2D eigenvalue weighted by Gasteiger charge is -2.13. The molecule has 1 aromatic heterocycles. The Morgan fingerprint density at radius 1 is 0.878 bits per heavy atom. The van der Waals surface area contributed by atoms with Gasteiger partial charge in [-0.2, -0.15) is 13.2 Å². The molecule has 0 radical (unpaired) electrons. The molecule has 0 aliphatic carbocycles. The van der Waals surface area contributed by atoms with Crippen molar-refractivity contribution in [3.05, 3.63) is 88.3 Å². The maximum absolute atomic E-state index is 13.9. The molecule has 0 aliphatic heterocycles. The second-order valence-corrected chi connectivity index (χ2v) is 8.35. The number of fused-ring (bicyclic) bond motifs is 1. The average molecular weight is 571 g/mol. The number of alkyl halides is 3. The standard InChI is InChI=1S/C30H25F3O8/c1-4-37-23-14-6-18(16-25(23)38-5-2)7-15-26(34)39-21-12-13-22-24(17-21)41-29(30(31,32)33)28(27(22)35)40-20-10-8-19(36-3)9-11-20/h6-17H,4-5H2,1-3H3. The minimum absolute atomic E-state index is 0.0267. The summed E-state index contributed by atoms with van der Waals surface area (Å²) in [6.07, 6.45) is -2.44. The van der Waals surface area contributed by atoms with Gasteiger partial charge in [0.05, 0.1) is 25.7 Å². The lowest BCUT2D eigenvalue weighted by molar-refractivity contribution is -0.154. The Morgan fingerprint density at radius 2 is 1.54 bits per heavy atom. The monoisotopic (exact) mass is 570 g/mol. The van der Waals surface area contributed by atoms with E-state index in [-0.39, 0.29) is 16.9 Å². The van der Waals surface area contributed by atoms with E-state index in [1.165, 1.54) is 49.6 Å². The van der Waals surface area contributed by atoms with Gasteiger partial charge in [-0.15, -0.1) is 0 Å². The van der Waals surface area contributed by atoms with E-state index in [0.717, 1.165) is 12.1 Å². The molecule has 0 aliphatic rings. The van der Waals surface area contributed by atoms with Crippen LogP contribution in [0.2, 0.25) is 0 Å². The molecule has 0 atom stereocenters. The normalized spacial score (nSPS) is 11.5. The molecule has 1 heterocycles. The summed E-state index contributed by atoms with van der Waals surface area (Å²) >= 11 is 0. The summed E-state index contributed by atoms with van der Waals surface area (Å²) in [6.45, 7) is 4.54. The van der Waals surface area contributed by atoms with E-state index in [4.69, 9.17) is 28.1 Å². The van der Waals surface area contributed by atoms with Gasteiger partial charge in [0, 0.05) is 12.1 Å². The van der Waals surface area contributed by atoms with Crippen molar-refractivity contribution < 1.29 is 46.1 Å². The van der Waals surface area contributed by atoms with Crippen LogP contribution in [0.4, 0.5) is 13.2 Å². The minimum atomic E-state index is -5.05. The highest BCUT2D eigenvalue weighted by atomic mass is 19.4. The number of methoxy groups -OCH3 is 1. The molecule has 0 unspecified atom stereocenters. The van der Waals surface area contributed by atoms with Crippen LogP contribution in [0, 0.1) is 0 Å². The number of ether oxygens (including phenoxy) is 5. The molecular weight excluding hydrogens is 545 g/mol. The Bertz CT molecular complexity index is 1620. The Morgan fingerprint density at radius 3 is 2.20 bits per heavy atom. The molecule has 0 spiro atoms. The highest BCUT2D eigenvalue weighted by Crippen LogP contribution is 2.39. The van der Waals surface area contributed by atoms with Gasteiger partial charge >= 0.3 is 12.1 Å². The maximum Gasteiger partial charge on any atom is 0.453 e. The number of carbonyl (C=O) groups is 1. The minimum Gasteiger partial charge on any atom is -0.497 e. The number of hydrogen-bond acceptors (Lipinski definition) is 8. The Labute approximate surface area is 232 Å². The number of rotatable bonds is 10. The highest BCUT2D eigenvalue weighted by Gasteiger charge is 2.40. The number of halogens is 3. The predicted molar refractivity (Wildman–Crippen MR) is 144 cm³/mol. The molecule has 11 heteroatoms. The summed E-state index contributed by atoms with van der Waals surface area (Å²) in [4.78, 5) is 25.4. The fourth-order valence-corrected chi connectivity index (χ4v) is 3.75. The van der Waals surface area contributed by atoms with Gasteiger partial charge in [-0.1, -0.05) is 6.07 Å². The summed E-state index contributed by atoms with van der Waals surface area (Å²) in [6, 6.07) is 14.2. The van der Waals surface area contributed by atoms with E-state index in [1.54, 1.807) is 18.2 Å². The number of benzene rings is 3. The molecular formula is C30H25F3O8. The van der Waals surface area contributed by atoms with E-state index < -0.39 is 34.7 Å². The zero-order valence-electron chi connectivity index (χ0n) is 22.2. The predicted octanol–water partition coefficient (Wildman–Crippen LogP) is 7.03. The second kappa shape index (κ2) is 12.5. The van der Waals surface area contributed by atoms with Crippen molar-refractivity contribution in [1.82, 2.24) is 0 Å². The van der Waals surface area contributed by atoms with Crippen molar-refractivity contribution in [2.75, 3.05) is 20.3 Å². The van der Waals surface area contributed by atoms with Gasteiger partial charge < -0.3 is 28.1 Å². The number of hydrogen-bond donors (Lipinski definition) is 0. The summed E-state index contributed by atoms with van der Waals surface area (Å²) < 4.78 is 73.2. The van der Waals surface area contributed by atoms with Gasteiger partial charge in [0.25, 0.3) is 5.76 Å². The largest absolute Gasteiger partial charge is 0.497 e. The first-order valence-electron chi connectivity index (χ1n) is 12.4. The lowest BCUT2D eigenvalue weighted by atomic mass is 10.2. The molecule has 0 bridgehead atoms. The summed E-state index contributed by atoms with van der Waals surface area (Å²) in [7, 11) is 1.43. The van der Waals surface area contributed by atoms with Gasteiger partial charge in [-0.3, -0.25) is 4.79 Å². The molecule has 0 N–H and O–H groups in total. The molecule has 4 aromatic rings. The smallest absolute Gasteiger partial charge is 0.453 e. The van der Waals surface area contributed by atoms with E-state index >= 15 is 0 Å². The molecule has 41 heavy (non-hydrogen) atoms. The fourth-order valence-electron chi connectivity index (χ4n) is 3.75. The van der Waals surface area contributed by atoms with Crippen molar-refractivity contribution in [3.8, 4) is 34.5 Å². The zero-order valence-corrected chi connectivity index (χ0v) is 22.2. The number of esters is 1. The first-order valence-corrected chi connectivity index (χ1v) is 12.4. The Hall–Kier alpha value is -4.93. The third kappa shape index (κ3) is 6.99. The molecule has 0 saturated carbocycles. The second-order valence-electron chi connectivity index (χ2n) is 8.35. The molecule has 0 amide bonds. The summed E-state index contributed by atoms with van der Waals surface area (Å²) in [5.74, 6) is -2.11. The topological polar surface area (TPSA) is 93.4 Å². The maximum atomic E-state index is 13.9. The van der Waals surface area contributed by atoms with Crippen LogP contribution in [0.3, 0.4) is 0 Å². The molecule has 0 saturated heterocycles. The van der Waals surface area contributed by atoms with E-state index in [2.05, 4.69) is 0 Å². The van der Waals surface area contributed by atoms with Crippen LogP contribution in [-0.2, 0) is 11.0 Å². The van der Waals surface area contributed by atoms with E-state index in [1.807, 2.05) is 13.8 Å². The Kier molecular flexibility index (Phi) is 8.86. The fraction of sp³-hybridized carbons (Fsp3) is 0.200. The van der Waals surface area contributed by atoms with Crippen molar-refractivity contribution in [2.45, 2.75) is 20.0 Å². The average Bonchev–Trinajstić information content (AvgIpc) is 2.94. The van der Waals surface area contributed by atoms with Crippen LogP contribution in [0.5, 0.6) is 34.5 Å². The first-order chi connectivity index (χ1) is 19.6. The molecule has 4 rings (SSSR count). The summed E-state index contributed by atoms with van der Waals surface area (Å²) in [5.41, 5.74) is -0.864. The first kappa shape index (κ1) is 29.1. The van der Waals surface area contributed by atoms with Crippen LogP contribution in [0.15, 0.2) is 76.0 Å². The van der Waals surface area contributed by atoms with Crippen LogP contribution >= 0.6 is 0 Å². The summed E-state index contributed by atoms with van der Waals surface area (Å²) in [5, 5.41) is -0.199. The van der Waals surface area contributed by atoms with Gasteiger partial charge in [0.2, 0.25) is 11.2 Å². The van der Waals surface area contributed by atoms with Crippen molar-refractivity contribution in [1.29, 1.82) is 0 Å². The van der Waals surface area contributed by atoms with Crippen molar-refractivity contribution in [2.24, 2.45) is 0 Å². The van der Waals surface area contributed by atoms with Crippen LogP contribution in [0.25, 0.3) is 17.0 Å². The lowest BCUT2D eigenvalue weighted by Crippen LogP contribution is -2.15. The third-order valence-electron chi connectivity index (χ3n) is 5.56. The van der Waals surface area contributed by atoms with E-state index in [9.17, 15) is 22.8 Å². The quantitative estimate of drug-likeness (QED) is 0.114. The van der Waals surface area contributed by atoms with Gasteiger partial charge in [0.15, 0.2) is 11.5 Å². The molecule has 214 valence electrons. The SMILES string of the molecule is CCOc1ccc(C=CC(=O)Oc2ccc3c(=O)c(Oc4ccc(OC)cc4)c(C(F)(F)F)oc3c2)cc1OCC. The molecule has 8 nitrogen and oxygen atoms in total. The number of carbonyl (C=O) groups excluding carboxylic acids is 1. The highest BCUT2D eigenvalue weighted by molar-refractivity contribution is 5.89. The van der Waals surface area contributed by atoms with Gasteiger partial charge in [-0.05, 0) is 74.0 Å². The van der Waals surface area contributed by atoms with Crippen molar-refractivity contribution in [3.63, 3.8) is 0 Å². The Balaban J connectivity index is 1.59. The zero-order chi connectivity index (χ0) is 29.6.